The second kappa shape index (κ2) is 5.78. The average molecular weight is 228 g/mol. The highest BCUT2D eigenvalue weighted by molar-refractivity contribution is 5.82. The summed E-state index contributed by atoms with van der Waals surface area (Å²) in [5.41, 5.74) is 2.45. The molecule has 1 aromatic carbocycles. The maximum Gasteiger partial charge on any atom is 0.0705 e. The SMILES string of the molecule is CCCCC(NC)c1ccnc2ccccc12. The summed E-state index contributed by atoms with van der Waals surface area (Å²) in [5, 5.41) is 4.69. The number of hydrogen-bond acceptors (Lipinski definition) is 2. The van der Waals surface area contributed by atoms with E-state index in [0.717, 1.165) is 5.52 Å². The molecule has 1 aromatic heterocycles. The fourth-order valence-electron chi connectivity index (χ4n) is 2.29. The Bertz CT molecular complexity index is 474. The van der Waals surface area contributed by atoms with Gasteiger partial charge in [0, 0.05) is 17.6 Å². The quantitative estimate of drug-likeness (QED) is 0.844. The Balaban J connectivity index is 2.38. The third-order valence-corrected chi connectivity index (χ3v) is 3.25. The zero-order valence-corrected chi connectivity index (χ0v) is 10.6. The standard InChI is InChI=1S/C15H20N2/c1-3-4-8-14(16-2)13-10-11-17-15-9-6-5-7-12(13)15/h5-7,9-11,14,16H,3-4,8H2,1-2H3. The summed E-state index contributed by atoms with van der Waals surface area (Å²) >= 11 is 0. The minimum absolute atomic E-state index is 0.433. The smallest absolute Gasteiger partial charge is 0.0705 e. The van der Waals surface area contributed by atoms with Crippen molar-refractivity contribution >= 4 is 10.9 Å². The molecule has 2 nitrogen and oxygen atoms in total. The number of pyridine rings is 1. The van der Waals surface area contributed by atoms with Gasteiger partial charge in [-0.1, -0.05) is 38.0 Å². The predicted molar refractivity (Wildman–Crippen MR) is 73.1 cm³/mol. The van der Waals surface area contributed by atoms with Crippen molar-refractivity contribution in [2.45, 2.75) is 32.2 Å². The molecule has 0 radical (unpaired) electrons. The van der Waals surface area contributed by atoms with E-state index in [4.69, 9.17) is 0 Å². The molecule has 1 N–H and O–H groups in total. The van der Waals surface area contributed by atoms with E-state index in [2.05, 4.69) is 41.5 Å². The summed E-state index contributed by atoms with van der Waals surface area (Å²) in [4.78, 5) is 4.41. The van der Waals surface area contributed by atoms with E-state index in [9.17, 15) is 0 Å². The first-order valence-electron chi connectivity index (χ1n) is 6.37. The second-order valence-corrected chi connectivity index (χ2v) is 4.40. The second-order valence-electron chi connectivity index (χ2n) is 4.40. The van der Waals surface area contributed by atoms with Crippen LogP contribution < -0.4 is 5.32 Å². The number of nitrogens with one attached hydrogen (secondary N) is 1. The third kappa shape index (κ3) is 2.64. The van der Waals surface area contributed by atoms with Gasteiger partial charge in [-0.25, -0.2) is 0 Å². The first kappa shape index (κ1) is 12.1. The number of hydrogen-bond donors (Lipinski definition) is 1. The zero-order chi connectivity index (χ0) is 12.1. The molecule has 90 valence electrons. The Kier molecular flexibility index (Phi) is 4.10. The molecule has 0 aliphatic carbocycles. The molecule has 0 saturated carbocycles. The van der Waals surface area contributed by atoms with Crippen molar-refractivity contribution in [3.8, 4) is 0 Å². The average Bonchev–Trinajstić information content (AvgIpc) is 2.40. The lowest BCUT2D eigenvalue weighted by molar-refractivity contribution is 0.525. The monoisotopic (exact) mass is 228 g/mol. The molecule has 1 heterocycles. The van der Waals surface area contributed by atoms with E-state index in [1.807, 2.05) is 19.3 Å². The van der Waals surface area contributed by atoms with Crippen LogP contribution in [0.15, 0.2) is 36.5 Å². The van der Waals surface area contributed by atoms with Crippen LogP contribution in [0.3, 0.4) is 0 Å². The molecule has 0 bridgehead atoms. The molecule has 2 aromatic rings. The molecular weight excluding hydrogens is 208 g/mol. The van der Waals surface area contributed by atoms with Crippen molar-refractivity contribution in [1.82, 2.24) is 10.3 Å². The molecule has 1 atom stereocenters. The lowest BCUT2D eigenvalue weighted by Gasteiger charge is -2.18. The number of nitrogens with zero attached hydrogens (tertiary/aromatic N) is 1. The van der Waals surface area contributed by atoms with Gasteiger partial charge in [-0.2, -0.15) is 0 Å². The lowest BCUT2D eigenvalue weighted by Crippen LogP contribution is -2.16. The number of unbranched alkanes of at least 4 members (excludes halogenated alkanes) is 1. The van der Waals surface area contributed by atoms with Gasteiger partial charge in [0.15, 0.2) is 0 Å². The summed E-state index contributed by atoms with van der Waals surface area (Å²) in [7, 11) is 2.04. The van der Waals surface area contributed by atoms with Crippen LogP contribution in [0, 0.1) is 0 Å². The van der Waals surface area contributed by atoms with Crippen molar-refractivity contribution in [3.05, 3.63) is 42.1 Å². The number of fused-ring (bicyclic) bond motifs is 1. The Morgan fingerprint density at radius 1 is 1.24 bits per heavy atom. The first-order valence-corrected chi connectivity index (χ1v) is 6.37. The highest BCUT2D eigenvalue weighted by atomic mass is 14.9. The van der Waals surface area contributed by atoms with E-state index >= 15 is 0 Å². The van der Waals surface area contributed by atoms with E-state index < -0.39 is 0 Å². The number of rotatable bonds is 5. The van der Waals surface area contributed by atoms with Gasteiger partial charge in [-0.3, -0.25) is 4.98 Å². The summed E-state index contributed by atoms with van der Waals surface area (Å²) < 4.78 is 0. The van der Waals surface area contributed by atoms with Crippen molar-refractivity contribution in [3.63, 3.8) is 0 Å². The molecule has 1 unspecified atom stereocenters. The molecule has 0 saturated heterocycles. The van der Waals surface area contributed by atoms with Gasteiger partial charge in [0.1, 0.15) is 0 Å². The largest absolute Gasteiger partial charge is 0.313 e. The number of aromatic nitrogens is 1. The maximum atomic E-state index is 4.41. The molecule has 0 fully saturated rings. The summed E-state index contributed by atoms with van der Waals surface area (Å²) in [5.74, 6) is 0. The van der Waals surface area contributed by atoms with Gasteiger partial charge < -0.3 is 5.32 Å². The molecule has 0 aliphatic rings. The van der Waals surface area contributed by atoms with Crippen LogP contribution in [0.4, 0.5) is 0 Å². The Hall–Kier alpha value is -1.41. The van der Waals surface area contributed by atoms with Gasteiger partial charge >= 0.3 is 0 Å². The minimum atomic E-state index is 0.433. The highest BCUT2D eigenvalue weighted by Gasteiger charge is 2.11. The van der Waals surface area contributed by atoms with Crippen LogP contribution in [-0.4, -0.2) is 12.0 Å². The fourth-order valence-corrected chi connectivity index (χ4v) is 2.29. The zero-order valence-electron chi connectivity index (χ0n) is 10.6. The molecule has 0 aliphatic heterocycles. The molecule has 2 rings (SSSR count). The van der Waals surface area contributed by atoms with Crippen LogP contribution in [0.2, 0.25) is 0 Å². The van der Waals surface area contributed by atoms with Gasteiger partial charge in [0.05, 0.1) is 5.52 Å². The molecule has 17 heavy (non-hydrogen) atoms. The topological polar surface area (TPSA) is 24.9 Å². The van der Waals surface area contributed by atoms with Crippen LogP contribution in [0.25, 0.3) is 10.9 Å². The lowest BCUT2D eigenvalue weighted by atomic mass is 9.98. The Morgan fingerprint density at radius 2 is 2.06 bits per heavy atom. The van der Waals surface area contributed by atoms with E-state index in [1.165, 1.54) is 30.2 Å². The first-order chi connectivity index (χ1) is 8.36. The predicted octanol–water partition coefficient (Wildman–Crippen LogP) is 3.69. The molecule has 2 heteroatoms. The highest BCUT2D eigenvalue weighted by Crippen LogP contribution is 2.25. The van der Waals surface area contributed by atoms with E-state index in [1.54, 1.807) is 0 Å². The van der Waals surface area contributed by atoms with Crippen LogP contribution in [0.5, 0.6) is 0 Å². The molecule has 0 spiro atoms. The minimum Gasteiger partial charge on any atom is -0.313 e. The Morgan fingerprint density at radius 3 is 2.82 bits per heavy atom. The summed E-state index contributed by atoms with van der Waals surface area (Å²) in [6, 6.07) is 10.9. The van der Waals surface area contributed by atoms with Crippen LogP contribution >= 0.6 is 0 Å². The van der Waals surface area contributed by atoms with Gasteiger partial charge in [-0.15, -0.1) is 0 Å². The van der Waals surface area contributed by atoms with Crippen molar-refractivity contribution in [2.75, 3.05) is 7.05 Å². The van der Waals surface area contributed by atoms with E-state index in [0.29, 0.717) is 6.04 Å². The summed E-state index contributed by atoms with van der Waals surface area (Å²) in [6.07, 6.45) is 5.58. The van der Waals surface area contributed by atoms with Gasteiger partial charge in [0.25, 0.3) is 0 Å². The van der Waals surface area contributed by atoms with Gasteiger partial charge in [-0.05, 0) is 31.2 Å². The fraction of sp³-hybridized carbons (Fsp3) is 0.400. The third-order valence-electron chi connectivity index (χ3n) is 3.25. The Labute approximate surface area is 103 Å². The normalized spacial score (nSPS) is 12.8. The molecular formula is C15H20N2. The number of benzene rings is 1. The van der Waals surface area contributed by atoms with Crippen molar-refractivity contribution < 1.29 is 0 Å². The van der Waals surface area contributed by atoms with Crippen molar-refractivity contribution in [1.29, 1.82) is 0 Å². The number of para-hydroxylation sites is 1. The van der Waals surface area contributed by atoms with Crippen molar-refractivity contribution in [2.24, 2.45) is 0 Å². The van der Waals surface area contributed by atoms with E-state index in [-0.39, 0.29) is 0 Å². The maximum absolute atomic E-state index is 4.41. The van der Waals surface area contributed by atoms with Crippen LogP contribution in [0.1, 0.15) is 37.8 Å². The van der Waals surface area contributed by atoms with Crippen LogP contribution in [-0.2, 0) is 0 Å². The van der Waals surface area contributed by atoms with Gasteiger partial charge in [0.2, 0.25) is 0 Å². The molecule has 0 amide bonds. The summed E-state index contributed by atoms with van der Waals surface area (Å²) in [6.45, 7) is 2.23.